The number of fused-ring (bicyclic) bond motifs is 3. The lowest BCUT2D eigenvalue weighted by atomic mass is 10.1. The van der Waals surface area contributed by atoms with Crippen molar-refractivity contribution in [3.8, 4) is 0 Å². The highest BCUT2D eigenvalue weighted by Gasteiger charge is 2.23. The van der Waals surface area contributed by atoms with Gasteiger partial charge in [0.2, 0.25) is 0 Å². The highest BCUT2D eigenvalue weighted by Crippen LogP contribution is 2.36. The maximum atomic E-state index is 12.5. The maximum absolute atomic E-state index is 12.5. The van der Waals surface area contributed by atoms with Crippen LogP contribution in [0.2, 0.25) is 0 Å². The number of para-hydroxylation sites is 1. The number of rotatable bonds is 2. The van der Waals surface area contributed by atoms with E-state index in [0.717, 1.165) is 36.0 Å². The van der Waals surface area contributed by atoms with Gasteiger partial charge in [-0.25, -0.2) is 4.79 Å². The molecule has 1 atom stereocenters. The summed E-state index contributed by atoms with van der Waals surface area (Å²) in [5, 5.41) is 5.36. The van der Waals surface area contributed by atoms with Gasteiger partial charge in [0.1, 0.15) is 6.23 Å². The van der Waals surface area contributed by atoms with Gasteiger partial charge in [0, 0.05) is 36.2 Å². The minimum absolute atomic E-state index is 0.0690. The third-order valence-electron chi connectivity index (χ3n) is 5.45. The van der Waals surface area contributed by atoms with Crippen LogP contribution in [0.5, 0.6) is 0 Å². The quantitative estimate of drug-likeness (QED) is 0.748. The molecule has 1 N–H and O–H groups in total. The van der Waals surface area contributed by atoms with Crippen LogP contribution in [0.3, 0.4) is 0 Å². The first-order chi connectivity index (χ1) is 13.3. The molecule has 1 aromatic heterocycles. The van der Waals surface area contributed by atoms with E-state index in [9.17, 15) is 4.79 Å². The molecule has 2 saturated heterocycles. The predicted octanol–water partition coefficient (Wildman–Crippen LogP) is 3.97. The largest absolute Gasteiger partial charge is 0.378 e. The number of benzene rings is 2. The number of hydrogen-bond acceptors (Lipinski definition) is 3. The van der Waals surface area contributed by atoms with E-state index in [0.29, 0.717) is 26.3 Å². The molecule has 2 fully saturated rings. The third kappa shape index (κ3) is 2.95. The van der Waals surface area contributed by atoms with E-state index < -0.39 is 0 Å². The number of aromatic nitrogens is 1. The summed E-state index contributed by atoms with van der Waals surface area (Å²) in [4.78, 5) is 14.3. The van der Waals surface area contributed by atoms with Crippen molar-refractivity contribution in [1.29, 1.82) is 0 Å². The molecule has 0 spiro atoms. The molecule has 140 valence electrons. The van der Waals surface area contributed by atoms with Crippen molar-refractivity contribution in [3.05, 3.63) is 42.5 Å². The minimum atomic E-state index is -0.0690. The van der Waals surface area contributed by atoms with Gasteiger partial charge < -0.3 is 24.3 Å². The molecule has 2 aromatic carbocycles. The Hall–Kier alpha value is -2.57. The van der Waals surface area contributed by atoms with Gasteiger partial charge in [-0.2, -0.15) is 0 Å². The van der Waals surface area contributed by atoms with E-state index >= 15 is 0 Å². The normalized spacial score (nSPS) is 20.4. The summed E-state index contributed by atoms with van der Waals surface area (Å²) in [5.74, 6) is 0. The number of hydrogen-bond donors (Lipinski definition) is 1. The fourth-order valence-electron chi connectivity index (χ4n) is 4.12. The lowest BCUT2D eigenvalue weighted by Crippen LogP contribution is -2.43. The Bertz CT molecular complexity index is 985. The van der Waals surface area contributed by atoms with Crippen molar-refractivity contribution in [3.63, 3.8) is 0 Å². The van der Waals surface area contributed by atoms with Gasteiger partial charge >= 0.3 is 6.03 Å². The summed E-state index contributed by atoms with van der Waals surface area (Å²) >= 11 is 0. The molecule has 0 bridgehead atoms. The molecule has 6 heteroatoms. The van der Waals surface area contributed by atoms with Crippen LogP contribution in [0, 0.1) is 0 Å². The monoisotopic (exact) mass is 365 g/mol. The zero-order valence-electron chi connectivity index (χ0n) is 15.2. The molecular formula is C21H23N3O3. The Morgan fingerprint density at radius 3 is 2.63 bits per heavy atom. The Morgan fingerprint density at radius 2 is 1.81 bits per heavy atom. The van der Waals surface area contributed by atoms with Crippen LogP contribution in [0.4, 0.5) is 10.5 Å². The van der Waals surface area contributed by atoms with Gasteiger partial charge in [-0.3, -0.25) is 0 Å². The summed E-state index contributed by atoms with van der Waals surface area (Å²) in [6.07, 6.45) is 2.21. The van der Waals surface area contributed by atoms with Crippen molar-refractivity contribution < 1.29 is 14.3 Å². The van der Waals surface area contributed by atoms with Gasteiger partial charge in [0.25, 0.3) is 0 Å². The highest BCUT2D eigenvalue weighted by atomic mass is 16.5. The Kier molecular flexibility index (Phi) is 4.22. The van der Waals surface area contributed by atoms with Crippen molar-refractivity contribution in [1.82, 2.24) is 9.47 Å². The Labute approximate surface area is 157 Å². The molecule has 0 saturated carbocycles. The minimum Gasteiger partial charge on any atom is -0.378 e. The topological polar surface area (TPSA) is 55.7 Å². The molecule has 3 aromatic rings. The van der Waals surface area contributed by atoms with Gasteiger partial charge in [-0.1, -0.05) is 18.2 Å². The molecule has 3 heterocycles. The van der Waals surface area contributed by atoms with Crippen LogP contribution in [-0.4, -0.2) is 48.4 Å². The molecule has 27 heavy (non-hydrogen) atoms. The molecule has 5 rings (SSSR count). The highest BCUT2D eigenvalue weighted by molar-refractivity contribution is 6.09. The zero-order chi connectivity index (χ0) is 18.2. The van der Waals surface area contributed by atoms with Gasteiger partial charge in [0.05, 0.1) is 24.2 Å². The lowest BCUT2D eigenvalue weighted by Gasteiger charge is -2.26. The standard InChI is InChI=1S/C21H23N3O3/c25-21(23-9-12-26-13-10-23)22-15-7-8-19-17(14-15)16-4-1-2-5-18(16)24(19)20-6-3-11-27-20/h1-2,4-5,7-8,14,20H,3,6,9-13H2,(H,22,25). The second-order valence-corrected chi connectivity index (χ2v) is 7.12. The summed E-state index contributed by atoms with van der Waals surface area (Å²) in [7, 11) is 0. The van der Waals surface area contributed by atoms with E-state index in [1.807, 2.05) is 6.07 Å². The smallest absolute Gasteiger partial charge is 0.321 e. The summed E-state index contributed by atoms with van der Waals surface area (Å²) in [5.41, 5.74) is 3.14. The van der Waals surface area contributed by atoms with Crippen molar-refractivity contribution >= 4 is 33.5 Å². The molecule has 1 unspecified atom stereocenters. The second kappa shape index (κ2) is 6.87. The SMILES string of the molecule is O=C(Nc1ccc2c(c1)c1ccccc1n2C1CCCO1)N1CCOCC1. The maximum Gasteiger partial charge on any atom is 0.321 e. The number of nitrogens with one attached hydrogen (secondary N) is 1. The second-order valence-electron chi connectivity index (χ2n) is 7.12. The first-order valence-corrected chi connectivity index (χ1v) is 9.59. The molecular weight excluding hydrogens is 342 g/mol. The molecule has 0 aliphatic carbocycles. The van der Waals surface area contributed by atoms with Crippen LogP contribution in [0.25, 0.3) is 21.8 Å². The van der Waals surface area contributed by atoms with Crippen LogP contribution < -0.4 is 5.32 Å². The number of carbonyl (C=O) groups is 1. The van der Waals surface area contributed by atoms with E-state index in [1.54, 1.807) is 4.90 Å². The van der Waals surface area contributed by atoms with Crippen molar-refractivity contribution in [2.75, 3.05) is 38.2 Å². The predicted molar refractivity (Wildman–Crippen MR) is 105 cm³/mol. The van der Waals surface area contributed by atoms with E-state index in [4.69, 9.17) is 9.47 Å². The zero-order valence-corrected chi connectivity index (χ0v) is 15.2. The number of morpholine rings is 1. The summed E-state index contributed by atoms with van der Waals surface area (Å²) in [6.45, 7) is 3.27. The van der Waals surface area contributed by atoms with E-state index in [1.165, 1.54) is 10.9 Å². The van der Waals surface area contributed by atoms with Crippen LogP contribution in [0.15, 0.2) is 42.5 Å². The third-order valence-corrected chi connectivity index (χ3v) is 5.45. The number of nitrogens with zero attached hydrogens (tertiary/aromatic N) is 2. The molecule has 6 nitrogen and oxygen atoms in total. The van der Waals surface area contributed by atoms with Crippen LogP contribution >= 0.6 is 0 Å². The number of urea groups is 1. The van der Waals surface area contributed by atoms with E-state index in [-0.39, 0.29) is 12.3 Å². The van der Waals surface area contributed by atoms with Crippen LogP contribution in [0.1, 0.15) is 19.1 Å². The van der Waals surface area contributed by atoms with Gasteiger partial charge in [0.15, 0.2) is 0 Å². The van der Waals surface area contributed by atoms with E-state index in [2.05, 4.69) is 46.3 Å². The average Bonchev–Trinajstić information content (AvgIpc) is 3.34. The van der Waals surface area contributed by atoms with Crippen molar-refractivity contribution in [2.24, 2.45) is 0 Å². The van der Waals surface area contributed by atoms with Crippen LogP contribution in [-0.2, 0) is 9.47 Å². The van der Waals surface area contributed by atoms with Gasteiger partial charge in [-0.05, 0) is 37.1 Å². The fourth-order valence-corrected chi connectivity index (χ4v) is 4.12. The molecule has 2 aliphatic heterocycles. The summed E-state index contributed by atoms with van der Waals surface area (Å²) < 4.78 is 13.6. The number of amides is 2. The fraction of sp³-hybridized carbons (Fsp3) is 0.381. The number of anilines is 1. The average molecular weight is 365 g/mol. The van der Waals surface area contributed by atoms with Crippen molar-refractivity contribution in [2.45, 2.75) is 19.1 Å². The summed E-state index contributed by atoms with van der Waals surface area (Å²) in [6, 6.07) is 14.5. The molecule has 2 aliphatic rings. The number of carbonyl (C=O) groups excluding carboxylic acids is 1. The first kappa shape index (κ1) is 16.6. The molecule has 0 radical (unpaired) electrons. The Balaban J connectivity index is 1.53. The Morgan fingerprint density at radius 1 is 1.00 bits per heavy atom. The lowest BCUT2D eigenvalue weighted by molar-refractivity contribution is 0.0564. The number of ether oxygens (including phenoxy) is 2. The molecule has 2 amide bonds. The first-order valence-electron chi connectivity index (χ1n) is 9.59. The van der Waals surface area contributed by atoms with Gasteiger partial charge in [-0.15, -0.1) is 0 Å².